The van der Waals surface area contributed by atoms with Gasteiger partial charge in [-0.25, -0.2) is 0 Å². The maximum Gasteiger partial charge on any atom is 0.262 e. The molecule has 2 fully saturated rings. The van der Waals surface area contributed by atoms with Gasteiger partial charge in [0, 0.05) is 36.1 Å². The zero-order valence-corrected chi connectivity index (χ0v) is 16.0. The van der Waals surface area contributed by atoms with E-state index in [1.165, 1.54) is 4.57 Å². The number of carbonyl (C=O) groups excluding carboxylic acids is 1. The summed E-state index contributed by atoms with van der Waals surface area (Å²) < 4.78 is 7.66. The van der Waals surface area contributed by atoms with E-state index in [4.69, 9.17) is 17.0 Å². The monoisotopic (exact) mass is 373 g/mol. The standard InChI is InChI=1S/C19H23N3O3S/c1-4-22-17(24)11-6-5-10(9-13(11)20-18(22)26)16(23)21-14-12-7-8-25-15(12)19(14,2)3/h5-6,9,12,14-15H,4,7-8H2,1-3H3,(H,20,26)(H,21,23)/t12-,14-,15-/m1/s1. The number of H-pyrrole nitrogens is 1. The molecule has 1 aliphatic heterocycles. The van der Waals surface area contributed by atoms with Crippen LogP contribution in [0, 0.1) is 16.1 Å². The van der Waals surface area contributed by atoms with E-state index in [0.717, 1.165) is 13.0 Å². The van der Waals surface area contributed by atoms with E-state index in [-0.39, 0.29) is 29.0 Å². The molecule has 1 aromatic heterocycles. The highest BCUT2D eigenvalue weighted by Crippen LogP contribution is 2.52. The number of fused-ring (bicyclic) bond motifs is 2. The smallest absolute Gasteiger partial charge is 0.262 e. The van der Waals surface area contributed by atoms with Gasteiger partial charge in [-0.15, -0.1) is 0 Å². The Bertz CT molecular complexity index is 1010. The lowest BCUT2D eigenvalue weighted by Crippen LogP contribution is -2.66. The molecule has 2 N–H and O–H groups in total. The highest BCUT2D eigenvalue weighted by atomic mass is 32.1. The third kappa shape index (κ3) is 2.45. The summed E-state index contributed by atoms with van der Waals surface area (Å²) in [5.74, 6) is 0.256. The Morgan fingerprint density at radius 3 is 2.96 bits per heavy atom. The number of nitrogens with one attached hydrogen (secondary N) is 2. The fourth-order valence-corrected chi connectivity index (χ4v) is 4.85. The maximum absolute atomic E-state index is 12.8. The largest absolute Gasteiger partial charge is 0.377 e. The summed E-state index contributed by atoms with van der Waals surface area (Å²) >= 11 is 5.25. The molecule has 2 aromatic rings. The molecule has 3 atom stereocenters. The van der Waals surface area contributed by atoms with Gasteiger partial charge in [-0.3, -0.25) is 14.2 Å². The lowest BCUT2D eigenvalue weighted by atomic mass is 9.57. The van der Waals surface area contributed by atoms with Crippen LogP contribution >= 0.6 is 12.2 Å². The van der Waals surface area contributed by atoms with Crippen LogP contribution < -0.4 is 10.9 Å². The summed E-state index contributed by atoms with van der Waals surface area (Å²) in [4.78, 5) is 28.3. The Morgan fingerprint density at radius 1 is 1.46 bits per heavy atom. The number of nitrogens with zero attached hydrogens (tertiary/aromatic N) is 1. The first-order valence-corrected chi connectivity index (χ1v) is 9.44. The van der Waals surface area contributed by atoms with Gasteiger partial charge in [0.2, 0.25) is 0 Å². The van der Waals surface area contributed by atoms with Gasteiger partial charge >= 0.3 is 0 Å². The molecule has 1 amide bonds. The predicted octanol–water partition coefficient (Wildman–Crippen LogP) is 2.62. The Kier molecular flexibility index (Phi) is 4.04. The average molecular weight is 373 g/mol. The molecule has 26 heavy (non-hydrogen) atoms. The Balaban J connectivity index is 1.64. The third-order valence-corrected chi connectivity index (χ3v) is 6.27. The zero-order chi connectivity index (χ0) is 18.6. The number of amides is 1. The van der Waals surface area contributed by atoms with E-state index in [1.54, 1.807) is 18.2 Å². The predicted molar refractivity (Wildman–Crippen MR) is 102 cm³/mol. The number of carbonyl (C=O) groups is 1. The van der Waals surface area contributed by atoms with Gasteiger partial charge in [0.05, 0.1) is 17.0 Å². The Morgan fingerprint density at radius 2 is 2.23 bits per heavy atom. The summed E-state index contributed by atoms with van der Waals surface area (Å²) in [5.41, 5.74) is 0.911. The molecule has 6 nitrogen and oxygen atoms in total. The zero-order valence-electron chi connectivity index (χ0n) is 15.2. The fraction of sp³-hybridized carbons (Fsp3) is 0.526. The number of aromatic amines is 1. The Labute approximate surface area is 156 Å². The second-order valence-corrected chi connectivity index (χ2v) is 8.14. The minimum absolute atomic E-state index is 0.0670. The van der Waals surface area contributed by atoms with Gasteiger partial charge in [0.25, 0.3) is 11.5 Å². The Hall–Kier alpha value is -1.99. The lowest BCUT2D eigenvalue weighted by Gasteiger charge is -2.54. The normalized spacial score (nSPS) is 26.3. The second kappa shape index (κ2) is 6.03. The van der Waals surface area contributed by atoms with E-state index in [9.17, 15) is 9.59 Å². The average Bonchev–Trinajstić information content (AvgIpc) is 3.06. The third-order valence-electron chi connectivity index (χ3n) is 5.95. The number of aromatic nitrogens is 2. The van der Waals surface area contributed by atoms with Crippen molar-refractivity contribution in [3.8, 4) is 0 Å². The van der Waals surface area contributed by atoms with Crippen LogP contribution in [-0.4, -0.2) is 34.2 Å². The van der Waals surface area contributed by atoms with Crippen LogP contribution in [0.4, 0.5) is 0 Å². The number of ether oxygens (including phenoxy) is 1. The van der Waals surface area contributed by atoms with Crippen LogP contribution in [0.3, 0.4) is 0 Å². The molecule has 2 heterocycles. The van der Waals surface area contributed by atoms with Gasteiger partial charge in [-0.05, 0) is 43.8 Å². The molecule has 1 saturated carbocycles. The molecule has 0 bridgehead atoms. The van der Waals surface area contributed by atoms with Crippen LogP contribution in [0.15, 0.2) is 23.0 Å². The topological polar surface area (TPSA) is 76.1 Å². The van der Waals surface area contributed by atoms with Crippen LogP contribution in [0.2, 0.25) is 0 Å². The summed E-state index contributed by atoms with van der Waals surface area (Å²) in [6.07, 6.45) is 1.22. The molecule has 0 spiro atoms. The van der Waals surface area contributed by atoms with Gasteiger partial charge < -0.3 is 15.0 Å². The van der Waals surface area contributed by atoms with E-state index in [2.05, 4.69) is 24.1 Å². The molecular weight excluding hydrogens is 350 g/mol. The van der Waals surface area contributed by atoms with Gasteiger partial charge in [-0.2, -0.15) is 0 Å². The van der Waals surface area contributed by atoms with Crippen molar-refractivity contribution in [3.05, 3.63) is 38.9 Å². The van der Waals surface area contributed by atoms with Crippen LogP contribution in [-0.2, 0) is 11.3 Å². The van der Waals surface area contributed by atoms with Crippen molar-refractivity contribution < 1.29 is 9.53 Å². The SMILES string of the molecule is CCn1c(=S)[nH]c2cc(C(=O)N[C@@H]3[C@H]4CCO[C@H]4C3(C)C)ccc2c1=O. The van der Waals surface area contributed by atoms with E-state index < -0.39 is 0 Å². The molecule has 7 heteroatoms. The lowest BCUT2D eigenvalue weighted by molar-refractivity contribution is -0.108. The molecule has 4 rings (SSSR count). The van der Waals surface area contributed by atoms with Crippen molar-refractivity contribution >= 4 is 29.0 Å². The quantitative estimate of drug-likeness (QED) is 0.811. The van der Waals surface area contributed by atoms with Crippen LogP contribution in [0.1, 0.15) is 37.6 Å². The number of hydrogen-bond donors (Lipinski definition) is 2. The molecule has 1 aromatic carbocycles. The van der Waals surface area contributed by atoms with E-state index in [0.29, 0.717) is 33.7 Å². The summed E-state index contributed by atoms with van der Waals surface area (Å²) in [6.45, 7) is 7.42. The van der Waals surface area contributed by atoms with Crippen LogP contribution in [0.25, 0.3) is 10.9 Å². The molecule has 0 radical (unpaired) electrons. The molecule has 1 saturated heterocycles. The summed E-state index contributed by atoms with van der Waals surface area (Å²) in [6, 6.07) is 5.20. The number of benzene rings is 1. The first-order valence-electron chi connectivity index (χ1n) is 9.04. The highest BCUT2D eigenvalue weighted by Gasteiger charge is 2.59. The van der Waals surface area contributed by atoms with Crippen molar-refractivity contribution in [2.75, 3.05) is 6.61 Å². The van der Waals surface area contributed by atoms with Gasteiger partial charge in [0.1, 0.15) is 0 Å². The summed E-state index contributed by atoms with van der Waals surface area (Å²) in [7, 11) is 0. The first kappa shape index (κ1) is 17.4. The number of rotatable bonds is 3. The highest BCUT2D eigenvalue weighted by molar-refractivity contribution is 7.71. The fourth-order valence-electron chi connectivity index (χ4n) is 4.52. The van der Waals surface area contributed by atoms with Crippen molar-refractivity contribution in [3.63, 3.8) is 0 Å². The molecular formula is C19H23N3O3S. The van der Waals surface area contributed by atoms with Crippen LogP contribution in [0.5, 0.6) is 0 Å². The molecule has 0 unspecified atom stereocenters. The molecule has 138 valence electrons. The van der Waals surface area contributed by atoms with Crippen molar-refractivity contribution in [2.45, 2.75) is 45.9 Å². The minimum atomic E-state index is -0.135. The summed E-state index contributed by atoms with van der Waals surface area (Å²) in [5, 5.41) is 3.70. The van der Waals surface area contributed by atoms with Crippen molar-refractivity contribution in [1.29, 1.82) is 0 Å². The van der Waals surface area contributed by atoms with E-state index in [1.807, 2.05) is 6.92 Å². The molecule has 2 aliphatic rings. The van der Waals surface area contributed by atoms with E-state index >= 15 is 0 Å². The van der Waals surface area contributed by atoms with Gasteiger partial charge in [-0.1, -0.05) is 13.8 Å². The maximum atomic E-state index is 12.8. The molecule has 1 aliphatic carbocycles. The number of hydrogen-bond acceptors (Lipinski definition) is 4. The second-order valence-electron chi connectivity index (χ2n) is 7.76. The van der Waals surface area contributed by atoms with Crippen molar-refractivity contribution in [2.24, 2.45) is 11.3 Å². The van der Waals surface area contributed by atoms with Crippen molar-refractivity contribution in [1.82, 2.24) is 14.9 Å². The first-order chi connectivity index (χ1) is 12.3. The van der Waals surface area contributed by atoms with Gasteiger partial charge in [0.15, 0.2) is 4.77 Å². The minimum Gasteiger partial charge on any atom is -0.377 e.